The van der Waals surface area contributed by atoms with Crippen LogP contribution in [0.25, 0.3) is 21.6 Å². The van der Waals surface area contributed by atoms with Crippen LogP contribution in [0.1, 0.15) is 43.0 Å². The Kier molecular flexibility index (Phi) is 3.91. The van der Waals surface area contributed by atoms with Crippen LogP contribution in [0.15, 0.2) is 29.6 Å². The van der Waals surface area contributed by atoms with Crippen LogP contribution in [-0.4, -0.2) is 9.97 Å². The molecule has 5 heteroatoms. The highest BCUT2D eigenvalue weighted by Crippen LogP contribution is 2.31. The molecule has 0 bridgehead atoms. The van der Waals surface area contributed by atoms with E-state index in [1.54, 1.807) is 13.0 Å². The lowest BCUT2D eigenvalue weighted by Crippen LogP contribution is -1.94. The van der Waals surface area contributed by atoms with Gasteiger partial charge in [-0.05, 0) is 24.5 Å². The number of alkyl halides is 2. The Hall–Kier alpha value is -1.88. The van der Waals surface area contributed by atoms with Crippen LogP contribution in [0.2, 0.25) is 0 Å². The Balaban J connectivity index is 2.13. The van der Waals surface area contributed by atoms with Gasteiger partial charge >= 0.3 is 0 Å². The third kappa shape index (κ3) is 2.61. The lowest BCUT2D eigenvalue weighted by molar-refractivity contribution is 0.151. The van der Waals surface area contributed by atoms with Crippen LogP contribution in [-0.2, 0) is 0 Å². The predicted octanol–water partition coefficient (Wildman–Crippen LogP) is 5.73. The molecule has 0 saturated carbocycles. The van der Waals surface area contributed by atoms with E-state index >= 15 is 0 Å². The summed E-state index contributed by atoms with van der Waals surface area (Å²) in [6.45, 7) is 5.87. The number of rotatable bonds is 3. The second-order valence-corrected chi connectivity index (χ2v) is 6.44. The molecular formula is C17H16F2N2S. The molecule has 22 heavy (non-hydrogen) atoms. The minimum Gasteiger partial charge on any atom is -0.245 e. The van der Waals surface area contributed by atoms with Crippen LogP contribution in [0.5, 0.6) is 0 Å². The number of halogens is 2. The number of aromatic nitrogens is 2. The van der Waals surface area contributed by atoms with Gasteiger partial charge in [0.05, 0.1) is 16.9 Å². The quantitative estimate of drug-likeness (QED) is 0.616. The summed E-state index contributed by atoms with van der Waals surface area (Å²) >= 11 is 1.53. The number of hydrogen-bond acceptors (Lipinski definition) is 3. The normalized spacial score (nSPS) is 11.8. The smallest absolute Gasteiger partial charge is 0.245 e. The minimum atomic E-state index is -2.48. The lowest BCUT2D eigenvalue weighted by atomic mass is 10.0. The van der Waals surface area contributed by atoms with Gasteiger partial charge in [0.25, 0.3) is 6.43 Å². The number of aryl methyl sites for hydroxylation is 1. The Morgan fingerprint density at radius 3 is 2.41 bits per heavy atom. The Labute approximate surface area is 131 Å². The Morgan fingerprint density at radius 1 is 1.05 bits per heavy atom. The molecule has 0 atom stereocenters. The minimum absolute atomic E-state index is 0.0409. The number of fused-ring (bicyclic) bond motifs is 1. The summed E-state index contributed by atoms with van der Waals surface area (Å²) in [4.78, 5) is 9.16. The molecule has 2 nitrogen and oxygen atoms in total. The van der Waals surface area contributed by atoms with Crippen LogP contribution in [0.4, 0.5) is 8.78 Å². The third-order valence-electron chi connectivity index (χ3n) is 3.72. The average molecular weight is 318 g/mol. The first kappa shape index (κ1) is 15.0. The number of benzene rings is 1. The summed E-state index contributed by atoms with van der Waals surface area (Å²) in [7, 11) is 0. The number of hydrogen-bond donors (Lipinski definition) is 0. The SMILES string of the molecule is Cc1c(C(F)F)ccc2ccc(-c3nc(C(C)C)cs3)nc12. The van der Waals surface area contributed by atoms with Crippen molar-refractivity contribution in [2.24, 2.45) is 0 Å². The van der Waals surface area contributed by atoms with E-state index in [0.717, 1.165) is 21.8 Å². The van der Waals surface area contributed by atoms with Crippen molar-refractivity contribution >= 4 is 22.2 Å². The first-order chi connectivity index (χ1) is 10.5. The fourth-order valence-electron chi connectivity index (χ4n) is 2.37. The summed E-state index contributed by atoms with van der Waals surface area (Å²) < 4.78 is 26.1. The highest BCUT2D eigenvalue weighted by atomic mass is 32.1. The van der Waals surface area contributed by atoms with Crippen molar-refractivity contribution in [2.45, 2.75) is 33.1 Å². The molecule has 0 spiro atoms. The second kappa shape index (κ2) is 5.72. The van der Waals surface area contributed by atoms with Crippen molar-refractivity contribution in [3.63, 3.8) is 0 Å². The molecule has 0 fully saturated rings. The van der Waals surface area contributed by atoms with E-state index in [0.29, 0.717) is 17.0 Å². The second-order valence-electron chi connectivity index (χ2n) is 5.58. The van der Waals surface area contributed by atoms with Crippen LogP contribution >= 0.6 is 11.3 Å². The van der Waals surface area contributed by atoms with Gasteiger partial charge in [0.1, 0.15) is 5.01 Å². The predicted molar refractivity (Wildman–Crippen MR) is 86.6 cm³/mol. The first-order valence-electron chi connectivity index (χ1n) is 7.11. The molecule has 114 valence electrons. The van der Waals surface area contributed by atoms with E-state index in [-0.39, 0.29) is 5.56 Å². The standard InChI is InChI=1S/C17H16F2N2S/c1-9(2)14-8-22-17(21-14)13-7-5-11-4-6-12(16(18)19)10(3)15(11)20-13/h4-9,16H,1-3H3. The largest absolute Gasteiger partial charge is 0.264 e. The van der Waals surface area contributed by atoms with Gasteiger partial charge in [-0.2, -0.15) is 0 Å². The van der Waals surface area contributed by atoms with E-state index in [1.807, 2.05) is 17.5 Å². The molecule has 0 amide bonds. The molecular weight excluding hydrogens is 302 g/mol. The van der Waals surface area contributed by atoms with Gasteiger partial charge in [-0.25, -0.2) is 18.7 Å². The van der Waals surface area contributed by atoms with Gasteiger partial charge in [-0.15, -0.1) is 11.3 Å². The zero-order chi connectivity index (χ0) is 15.9. The molecule has 3 rings (SSSR count). The van der Waals surface area contributed by atoms with Crippen molar-refractivity contribution < 1.29 is 8.78 Å². The Morgan fingerprint density at radius 2 is 1.77 bits per heavy atom. The maximum atomic E-state index is 13.0. The van der Waals surface area contributed by atoms with Crippen LogP contribution in [0.3, 0.4) is 0 Å². The van der Waals surface area contributed by atoms with Gasteiger partial charge < -0.3 is 0 Å². The van der Waals surface area contributed by atoms with Gasteiger partial charge in [-0.3, -0.25) is 0 Å². The van der Waals surface area contributed by atoms with Gasteiger partial charge in [-0.1, -0.05) is 32.0 Å². The first-order valence-corrected chi connectivity index (χ1v) is 7.99. The van der Waals surface area contributed by atoms with Crippen LogP contribution in [0, 0.1) is 6.92 Å². The number of thiazole rings is 1. The third-order valence-corrected chi connectivity index (χ3v) is 4.61. The molecule has 0 aliphatic carbocycles. The molecule has 0 aliphatic heterocycles. The highest BCUT2D eigenvalue weighted by Gasteiger charge is 2.15. The van der Waals surface area contributed by atoms with E-state index in [4.69, 9.17) is 0 Å². The summed E-state index contributed by atoms with van der Waals surface area (Å²) in [6.07, 6.45) is -2.48. The zero-order valence-electron chi connectivity index (χ0n) is 12.6. The average Bonchev–Trinajstić information content (AvgIpc) is 2.97. The van der Waals surface area contributed by atoms with Crippen molar-refractivity contribution in [3.8, 4) is 10.7 Å². The fourth-order valence-corrected chi connectivity index (χ4v) is 3.32. The summed E-state index contributed by atoms with van der Waals surface area (Å²) in [5.74, 6) is 0.359. The molecule has 1 aromatic carbocycles. The molecule has 2 aromatic heterocycles. The van der Waals surface area contributed by atoms with Gasteiger partial charge in [0, 0.05) is 16.3 Å². The van der Waals surface area contributed by atoms with E-state index in [9.17, 15) is 8.78 Å². The zero-order valence-corrected chi connectivity index (χ0v) is 13.4. The molecule has 0 aliphatic rings. The summed E-state index contributed by atoms with van der Waals surface area (Å²) in [5, 5.41) is 3.72. The number of pyridine rings is 1. The molecule has 0 radical (unpaired) electrons. The van der Waals surface area contributed by atoms with Crippen molar-refractivity contribution in [3.05, 3.63) is 46.5 Å². The topological polar surface area (TPSA) is 25.8 Å². The van der Waals surface area contributed by atoms with Crippen molar-refractivity contribution in [1.29, 1.82) is 0 Å². The van der Waals surface area contributed by atoms with Gasteiger partial charge in [0.15, 0.2) is 0 Å². The highest BCUT2D eigenvalue weighted by molar-refractivity contribution is 7.13. The van der Waals surface area contributed by atoms with E-state index < -0.39 is 6.43 Å². The lowest BCUT2D eigenvalue weighted by Gasteiger charge is -2.08. The monoisotopic (exact) mass is 318 g/mol. The van der Waals surface area contributed by atoms with Crippen molar-refractivity contribution in [2.75, 3.05) is 0 Å². The molecule has 2 heterocycles. The van der Waals surface area contributed by atoms with E-state index in [2.05, 4.69) is 23.8 Å². The molecule has 0 saturated heterocycles. The van der Waals surface area contributed by atoms with E-state index in [1.165, 1.54) is 17.4 Å². The maximum absolute atomic E-state index is 13.0. The van der Waals surface area contributed by atoms with Gasteiger partial charge in [0.2, 0.25) is 0 Å². The molecule has 3 aromatic rings. The van der Waals surface area contributed by atoms with Crippen molar-refractivity contribution in [1.82, 2.24) is 9.97 Å². The molecule has 0 N–H and O–H groups in total. The fraction of sp³-hybridized carbons (Fsp3) is 0.294. The maximum Gasteiger partial charge on any atom is 0.264 e. The molecule has 0 unspecified atom stereocenters. The summed E-state index contributed by atoms with van der Waals surface area (Å²) in [5.41, 5.74) is 2.96. The summed E-state index contributed by atoms with van der Waals surface area (Å²) in [6, 6.07) is 6.98. The van der Waals surface area contributed by atoms with Crippen LogP contribution < -0.4 is 0 Å². The Bertz CT molecular complexity index is 825. The number of nitrogens with zero attached hydrogens (tertiary/aromatic N) is 2.